The highest BCUT2D eigenvalue weighted by molar-refractivity contribution is 7.73. The van der Waals surface area contributed by atoms with E-state index in [9.17, 15) is 12.8 Å². The fourth-order valence-corrected chi connectivity index (χ4v) is 0.418. The summed E-state index contributed by atoms with van der Waals surface area (Å²) in [4.78, 5) is 0. The van der Waals surface area contributed by atoms with Crippen LogP contribution in [0, 0.1) is 0 Å². The lowest BCUT2D eigenvalue weighted by Gasteiger charge is -1.95. The molecule has 0 aliphatic rings. The van der Waals surface area contributed by atoms with Crippen LogP contribution in [0.3, 0.4) is 0 Å². The summed E-state index contributed by atoms with van der Waals surface area (Å²) in [7, 11) is -2.79. The first-order chi connectivity index (χ1) is 3.72. The minimum absolute atomic E-state index is 0.630. The lowest BCUT2D eigenvalue weighted by molar-refractivity contribution is 0.272. The zero-order chi connectivity index (χ0) is 6.57. The van der Waals surface area contributed by atoms with Crippen molar-refractivity contribution in [3.8, 4) is 0 Å². The van der Waals surface area contributed by atoms with Crippen LogP contribution in [0.4, 0.5) is 4.39 Å². The third-order valence-corrected chi connectivity index (χ3v) is 1.58. The monoisotopic (exact) mass is 142 g/mol. The Morgan fingerprint density at radius 2 is 2.12 bits per heavy atom. The normalized spacial score (nSPS) is 14.4. The second kappa shape index (κ2) is 3.80. The molecule has 1 atom stereocenters. The van der Waals surface area contributed by atoms with E-state index in [4.69, 9.17) is 5.11 Å². The molecule has 0 aromatic rings. The van der Waals surface area contributed by atoms with Crippen LogP contribution in [0.1, 0.15) is 0 Å². The van der Waals surface area contributed by atoms with Gasteiger partial charge in [-0.2, -0.15) is 0 Å². The molecule has 0 radical (unpaired) electrons. The molecule has 50 valence electrons. The fourth-order valence-electron chi connectivity index (χ4n) is 0.172. The predicted molar refractivity (Wildman–Crippen MR) is 27.2 cm³/mol. The summed E-state index contributed by atoms with van der Waals surface area (Å²) in [5.74, 6) is 0. The molecule has 0 heterocycles. The topological polar surface area (TPSA) is 54.4 Å². The van der Waals surface area contributed by atoms with Crippen molar-refractivity contribution in [1.29, 1.82) is 0 Å². The summed E-state index contributed by atoms with van der Waals surface area (Å²) >= 11 is 0. The molecule has 0 amide bonds. The first-order valence-corrected chi connectivity index (χ1v) is 3.27. The highest BCUT2D eigenvalue weighted by atomic mass is 32.2. The Morgan fingerprint density at radius 1 is 1.62 bits per heavy atom. The van der Waals surface area contributed by atoms with Crippen LogP contribution < -0.4 is 0 Å². The van der Waals surface area contributed by atoms with Crippen molar-refractivity contribution in [3.63, 3.8) is 0 Å². The number of halogens is 1. The van der Waals surface area contributed by atoms with Gasteiger partial charge in [-0.25, -0.2) is 12.8 Å². The van der Waals surface area contributed by atoms with E-state index < -0.39 is 29.2 Å². The molecular formula is C3H7FO3S. The van der Waals surface area contributed by atoms with Crippen molar-refractivity contribution in [3.05, 3.63) is 0 Å². The van der Waals surface area contributed by atoms with Crippen LogP contribution in [0.15, 0.2) is 0 Å². The predicted octanol–water partition coefficient (Wildman–Crippen LogP) is -1.07. The zero-order valence-corrected chi connectivity index (χ0v) is 4.97. The van der Waals surface area contributed by atoms with E-state index in [1.807, 2.05) is 0 Å². The summed E-state index contributed by atoms with van der Waals surface area (Å²) in [6, 6.07) is 0. The maximum absolute atomic E-state index is 11.4. The molecule has 0 aromatic heterocycles. The van der Waals surface area contributed by atoms with Crippen LogP contribution in [0.25, 0.3) is 0 Å². The maximum Gasteiger partial charge on any atom is 0.147 e. The lowest BCUT2D eigenvalue weighted by atomic mass is 10.5. The van der Waals surface area contributed by atoms with Gasteiger partial charge in [-0.3, -0.25) is 0 Å². The van der Waals surface area contributed by atoms with Crippen LogP contribution >= 0.6 is 0 Å². The van der Waals surface area contributed by atoms with Gasteiger partial charge in [-0.05, 0) is 0 Å². The molecule has 0 aromatic carbocycles. The Hall–Kier alpha value is -0.160. The molecule has 1 N–H and O–H groups in total. The summed E-state index contributed by atoms with van der Waals surface area (Å²) in [6.07, 6.45) is 0. The molecule has 0 aliphatic carbocycles. The van der Waals surface area contributed by atoms with E-state index in [0.29, 0.717) is 0 Å². The van der Waals surface area contributed by atoms with Crippen LogP contribution in [0.2, 0.25) is 0 Å². The van der Waals surface area contributed by atoms with Crippen molar-refractivity contribution in [2.75, 3.05) is 13.3 Å². The molecule has 5 heteroatoms. The van der Waals surface area contributed by atoms with E-state index in [0.717, 1.165) is 0 Å². The van der Waals surface area contributed by atoms with Crippen molar-refractivity contribution in [2.24, 2.45) is 0 Å². The first-order valence-electron chi connectivity index (χ1n) is 2.02. The van der Waals surface area contributed by atoms with Gasteiger partial charge >= 0.3 is 0 Å². The molecule has 0 spiro atoms. The molecule has 3 nitrogen and oxygen atoms in total. The number of hydrogen-bond acceptors (Lipinski definition) is 3. The van der Waals surface area contributed by atoms with Crippen LogP contribution in [-0.4, -0.2) is 32.1 Å². The molecule has 8 heavy (non-hydrogen) atoms. The zero-order valence-electron chi connectivity index (χ0n) is 4.08. The van der Waals surface area contributed by atoms with E-state index in [1.165, 1.54) is 0 Å². The Labute approximate surface area is 48.1 Å². The molecule has 0 unspecified atom stereocenters. The van der Waals surface area contributed by atoms with Gasteiger partial charge in [-0.1, -0.05) is 0 Å². The summed E-state index contributed by atoms with van der Waals surface area (Å²) in [6.45, 7) is -1.63. The highest BCUT2D eigenvalue weighted by Crippen LogP contribution is 1.86. The second-order valence-corrected chi connectivity index (χ2v) is 2.58. The maximum atomic E-state index is 11.4. The van der Waals surface area contributed by atoms with Crippen LogP contribution in [-0.2, 0) is 10.7 Å². The molecule has 0 saturated carbocycles. The van der Waals surface area contributed by atoms with Gasteiger partial charge in [0.15, 0.2) is 0 Å². The molecular weight excluding hydrogens is 135 g/mol. The van der Waals surface area contributed by atoms with E-state index >= 15 is 0 Å². The number of thiol groups is 1. The average Bonchev–Trinajstić information content (AvgIpc) is 1.69. The smallest absolute Gasteiger partial charge is 0.147 e. The summed E-state index contributed by atoms with van der Waals surface area (Å²) < 4.78 is 31.0. The van der Waals surface area contributed by atoms with E-state index in [-0.39, 0.29) is 0 Å². The Morgan fingerprint density at radius 3 is 2.12 bits per heavy atom. The third-order valence-electron chi connectivity index (χ3n) is 0.687. The van der Waals surface area contributed by atoms with Gasteiger partial charge in [0, 0.05) is 0 Å². The van der Waals surface area contributed by atoms with Gasteiger partial charge in [0.1, 0.15) is 22.6 Å². The first kappa shape index (κ1) is 7.84. The molecule has 0 rings (SSSR count). The standard InChI is InChI=1S/C3H7FO3S/c4-1-3(2-5)8(6)7/h3,5,8H,1-2H2/t3-/m1/s1. The minimum atomic E-state index is -2.79. The van der Waals surface area contributed by atoms with Crippen molar-refractivity contribution < 1.29 is 17.9 Å². The minimum Gasteiger partial charge on any atom is -0.395 e. The van der Waals surface area contributed by atoms with Crippen molar-refractivity contribution in [1.82, 2.24) is 0 Å². The fraction of sp³-hybridized carbons (Fsp3) is 1.00. The SMILES string of the molecule is O=[SH](=O)[C@@H](CO)CF. The van der Waals surface area contributed by atoms with Gasteiger partial charge in [0.25, 0.3) is 0 Å². The van der Waals surface area contributed by atoms with Gasteiger partial charge in [0.05, 0.1) is 6.61 Å². The molecule has 0 aliphatic heterocycles. The highest BCUT2D eigenvalue weighted by Gasteiger charge is 2.07. The van der Waals surface area contributed by atoms with Gasteiger partial charge in [0.2, 0.25) is 0 Å². The quantitative estimate of drug-likeness (QED) is 0.493. The lowest BCUT2D eigenvalue weighted by Crippen LogP contribution is -2.16. The molecule has 0 fully saturated rings. The number of aliphatic hydroxyl groups is 1. The second-order valence-electron chi connectivity index (χ2n) is 1.28. The number of hydrogen-bond donors (Lipinski definition) is 2. The summed E-state index contributed by atoms with van der Waals surface area (Å²) in [5, 5.41) is 6.87. The van der Waals surface area contributed by atoms with E-state index in [2.05, 4.69) is 0 Å². The Balaban J connectivity index is 3.70. The van der Waals surface area contributed by atoms with E-state index in [1.54, 1.807) is 0 Å². The Kier molecular flexibility index (Phi) is 3.72. The van der Waals surface area contributed by atoms with Gasteiger partial charge in [-0.15, -0.1) is 0 Å². The summed E-state index contributed by atoms with van der Waals surface area (Å²) in [5.41, 5.74) is 0. The van der Waals surface area contributed by atoms with Crippen molar-refractivity contribution in [2.45, 2.75) is 5.25 Å². The number of rotatable bonds is 3. The average molecular weight is 142 g/mol. The number of alkyl halides is 1. The number of aliphatic hydroxyl groups excluding tert-OH is 1. The van der Waals surface area contributed by atoms with Crippen LogP contribution in [0.5, 0.6) is 0 Å². The Bertz CT molecular complexity index is 110. The van der Waals surface area contributed by atoms with Crippen molar-refractivity contribution >= 4 is 10.7 Å². The van der Waals surface area contributed by atoms with Gasteiger partial charge < -0.3 is 5.11 Å². The molecule has 0 bridgehead atoms. The third kappa shape index (κ3) is 2.23. The molecule has 0 saturated heterocycles. The largest absolute Gasteiger partial charge is 0.395 e.